The van der Waals surface area contributed by atoms with Crippen molar-refractivity contribution in [3.63, 3.8) is 0 Å². The molecule has 0 aromatic heterocycles. The van der Waals surface area contributed by atoms with Crippen LogP contribution in [-0.2, 0) is 33.3 Å². The van der Waals surface area contributed by atoms with Gasteiger partial charge in [0.25, 0.3) is 0 Å². The molecule has 0 spiro atoms. The van der Waals surface area contributed by atoms with Crippen LogP contribution in [-0.4, -0.2) is 82.3 Å². The molecule has 2 atom stereocenters. The number of carboxylic acid groups (broad SMARTS) is 1. The van der Waals surface area contributed by atoms with Crippen LogP contribution >= 0.6 is 0 Å². The lowest BCUT2D eigenvalue weighted by Gasteiger charge is -2.26. The lowest BCUT2D eigenvalue weighted by atomic mass is 10.1. The molecular weight excluding hydrogens is 911 g/mol. The Hall–Kier alpha value is -4.83. The molecule has 0 rings (SSSR count). The minimum Gasteiger partial charge on any atom is -0.545 e. The fourth-order valence-corrected chi connectivity index (χ4v) is 6.81. The van der Waals surface area contributed by atoms with Gasteiger partial charge in [-0.2, -0.15) is 0 Å². The Morgan fingerprint density at radius 1 is 0.425 bits per heavy atom. The van der Waals surface area contributed by atoms with Crippen molar-refractivity contribution in [2.24, 2.45) is 0 Å². The molecule has 73 heavy (non-hydrogen) atoms. The maximum absolute atomic E-state index is 12.8. The first kappa shape index (κ1) is 68.2. The molecule has 410 valence electrons. The quantitative estimate of drug-likeness (QED) is 0.0195. The number of quaternary nitrogens is 1. The number of ether oxygens (including phenoxy) is 4. The lowest BCUT2D eigenvalue weighted by Crippen LogP contribution is -2.44. The zero-order chi connectivity index (χ0) is 53.4. The number of rotatable bonds is 49. The molecule has 0 radical (unpaired) electrons. The Morgan fingerprint density at radius 3 is 1.16 bits per heavy atom. The number of carboxylic acids is 1. The minimum absolute atomic E-state index is 0.132. The fraction of sp³-hybridized carbons (Fsp3) is 0.578. The van der Waals surface area contributed by atoms with Gasteiger partial charge in [0.05, 0.1) is 40.3 Å². The monoisotopic (exact) mass is 1010 g/mol. The van der Waals surface area contributed by atoms with Crippen molar-refractivity contribution in [1.29, 1.82) is 0 Å². The number of esters is 2. The van der Waals surface area contributed by atoms with Crippen molar-refractivity contribution in [2.75, 3.05) is 47.5 Å². The van der Waals surface area contributed by atoms with E-state index in [2.05, 4.69) is 160 Å². The van der Waals surface area contributed by atoms with Crippen molar-refractivity contribution in [1.82, 2.24) is 0 Å². The van der Waals surface area contributed by atoms with Gasteiger partial charge in [0.2, 0.25) is 0 Å². The molecule has 0 aromatic carbocycles. The van der Waals surface area contributed by atoms with Gasteiger partial charge in [-0.3, -0.25) is 9.59 Å². The molecule has 0 saturated carbocycles. The second kappa shape index (κ2) is 53.5. The molecule has 0 N–H and O–H groups in total. The molecule has 9 nitrogen and oxygen atoms in total. The molecule has 0 saturated heterocycles. The highest BCUT2D eigenvalue weighted by Crippen LogP contribution is 2.12. The van der Waals surface area contributed by atoms with E-state index in [0.29, 0.717) is 17.4 Å². The molecule has 0 aliphatic rings. The van der Waals surface area contributed by atoms with Crippen LogP contribution in [0.15, 0.2) is 146 Å². The van der Waals surface area contributed by atoms with E-state index in [4.69, 9.17) is 18.9 Å². The number of hydrogen-bond donors (Lipinski definition) is 0. The van der Waals surface area contributed by atoms with E-state index < -0.39 is 24.3 Å². The molecule has 0 bridgehead atoms. The third-order valence-electron chi connectivity index (χ3n) is 11.1. The van der Waals surface area contributed by atoms with Gasteiger partial charge < -0.3 is 33.3 Å². The van der Waals surface area contributed by atoms with Crippen molar-refractivity contribution < 1.29 is 42.9 Å². The second-order valence-electron chi connectivity index (χ2n) is 19.1. The molecule has 9 heteroatoms. The first-order valence-corrected chi connectivity index (χ1v) is 28.0. The summed E-state index contributed by atoms with van der Waals surface area (Å²) < 4.78 is 22.5. The predicted molar refractivity (Wildman–Crippen MR) is 306 cm³/mol. The maximum atomic E-state index is 12.8. The van der Waals surface area contributed by atoms with E-state index in [1.54, 1.807) is 0 Å². The minimum atomic E-state index is -1.64. The van der Waals surface area contributed by atoms with Gasteiger partial charge in [0.15, 0.2) is 12.4 Å². The zero-order valence-electron chi connectivity index (χ0n) is 46.4. The molecule has 0 amide bonds. The highest BCUT2D eigenvalue weighted by atomic mass is 16.7. The van der Waals surface area contributed by atoms with Crippen LogP contribution < -0.4 is 5.11 Å². The smallest absolute Gasteiger partial charge is 0.306 e. The first-order chi connectivity index (χ1) is 35.6. The number of allylic oxidation sites excluding steroid dienone is 24. The highest BCUT2D eigenvalue weighted by Gasteiger charge is 2.21. The van der Waals surface area contributed by atoms with Gasteiger partial charge in [-0.25, -0.2) is 0 Å². The topological polar surface area (TPSA) is 111 Å². The van der Waals surface area contributed by atoms with Gasteiger partial charge >= 0.3 is 11.9 Å². The highest BCUT2D eigenvalue weighted by molar-refractivity contribution is 5.70. The van der Waals surface area contributed by atoms with Gasteiger partial charge in [0.1, 0.15) is 13.2 Å². The van der Waals surface area contributed by atoms with E-state index in [-0.39, 0.29) is 38.6 Å². The second-order valence-corrected chi connectivity index (χ2v) is 19.1. The SMILES string of the molecule is CC/C=C\C/C=C\C/C=C\C/C=C\C/C=C\C/C=C\C/C=C\C/C=C\C/C=C\C/C=C\C/C=C\C/C=C\CCCCC(=O)OC(COC(=O)CCCCCCCCCCC)COC(OCC[N+](C)(C)C)C(=O)[O-]. The van der Waals surface area contributed by atoms with Crippen molar-refractivity contribution in [3.05, 3.63) is 146 Å². The number of nitrogens with zero attached hydrogens (tertiary/aromatic N) is 1. The molecular formula is C64H101NO8. The van der Waals surface area contributed by atoms with Crippen LogP contribution in [0.5, 0.6) is 0 Å². The summed E-state index contributed by atoms with van der Waals surface area (Å²) in [6.07, 6.45) is 74.9. The third-order valence-corrected chi connectivity index (χ3v) is 11.1. The summed E-state index contributed by atoms with van der Waals surface area (Å²) >= 11 is 0. The van der Waals surface area contributed by atoms with Gasteiger partial charge in [0, 0.05) is 12.8 Å². The van der Waals surface area contributed by atoms with E-state index in [9.17, 15) is 19.5 Å². The molecule has 0 heterocycles. The van der Waals surface area contributed by atoms with E-state index in [1.165, 1.54) is 38.5 Å². The van der Waals surface area contributed by atoms with E-state index in [0.717, 1.165) is 109 Å². The van der Waals surface area contributed by atoms with Gasteiger partial charge in [-0.1, -0.05) is 211 Å². The van der Waals surface area contributed by atoms with E-state index >= 15 is 0 Å². The largest absolute Gasteiger partial charge is 0.545 e. The molecule has 0 aromatic rings. The van der Waals surface area contributed by atoms with Crippen LogP contribution in [0.1, 0.15) is 181 Å². The third kappa shape index (κ3) is 54.8. The van der Waals surface area contributed by atoms with Gasteiger partial charge in [-0.05, 0) is 103 Å². The Labute approximate surface area is 445 Å². The number of carbonyl (C=O) groups is 3. The Bertz CT molecular complexity index is 1700. The van der Waals surface area contributed by atoms with Crippen molar-refractivity contribution >= 4 is 17.9 Å². The molecule has 0 fully saturated rings. The van der Waals surface area contributed by atoms with Crippen LogP contribution in [0.4, 0.5) is 0 Å². The fourth-order valence-electron chi connectivity index (χ4n) is 6.81. The number of aliphatic carboxylic acids is 1. The Morgan fingerprint density at radius 2 is 0.781 bits per heavy atom. The summed E-state index contributed by atoms with van der Waals surface area (Å²) in [4.78, 5) is 37.0. The number of hydrogen-bond acceptors (Lipinski definition) is 8. The zero-order valence-corrected chi connectivity index (χ0v) is 46.4. The summed E-state index contributed by atoms with van der Waals surface area (Å²) in [5.41, 5.74) is 0. The van der Waals surface area contributed by atoms with Crippen molar-refractivity contribution in [3.8, 4) is 0 Å². The van der Waals surface area contributed by atoms with Crippen LogP contribution in [0, 0.1) is 0 Å². The molecule has 0 aliphatic heterocycles. The van der Waals surface area contributed by atoms with Crippen LogP contribution in [0.2, 0.25) is 0 Å². The Balaban J connectivity index is 4.25. The summed E-state index contributed by atoms with van der Waals surface area (Å²) in [6, 6.07) is 0. The van der Waals surface area contributed by atoms with Crippen molar-refractivity contribution in [2.45, 2.75) is 193 Å². The van der Waals surface area contributed by atoms with Crippen LogP contribution in [0.25, 0.3) is 0 Å². The Kier molecular flexibility index (Phi) is 49.9. The summed E-state index contributed by atoms with van der Waals surface area (Å²) in [6.45, 7) is 4.52. The number of likely N-dealkylation sites (N-methyl/N-ethyl adjacent to an activating group) is 1. The average molecular weight is 1010 g/mol. The van der Waals surface area contributed by atoms with Crippen LogP contribution in [0.3, 0.4) is 0 Å². The van der Waals surface area contributed by atoms with E-state index in [1.807, 2.05) is 21.1 Å². The van der Waals surface area contributed by atoms with Gasteiger partial charge in [-0.15, -0.1) is 0 Å². The summed E-state index contributed by atoms with van der Waals surface area (Å²) in [5.74, 6) is -2.37. The normalized spacial score (nSPS) is 13.9. The summed E-state index contributed by atoms with van der Waals surface area (Å²) in [5, 5.41) is 11.7. The lowest BCUT2D eigenvalue weighted by molar-refractivity contribution is -0.870. The number of unbranched alkanes of at least 4 members (excludes halogenated alkanes) is 10. The standard InChI is InChI=1S/C64H101NO8/c1-6-8-10-12-14-16-17-18-19-20-21-22-23-24-25-26-27-28-29-30-31-32-33-34-35-36-37-38-39-40-41-42-43-44-45-47-49-51-53-55-62(67)73-60(59-72-64(63(68)69)70-57-56-65(3,4)5)58-71-61(66)54-52-50-48-46-15-13-11-9-7-2/h8,10,14,16,18-19,21-22,24-25,27-28,30-31,33-34,36-37,39-40,42-43,45,47,60,64H,6-7,9,11-13,15,17,20,23,26,29,32,35,38,41,44,46,48-59H2,1-5H3/b10-8-,16-14-,19-18-,22-21-,25-24-,28-27-,31-30-,34-33-,37-36-,40-39-,43-42-,47-45-. The first-order valence-electron chi connectivity index (χ1n) is 28.0. The summed E-state index contributed by atoms with van der Waals surface area (Å²) in [7, 11) is 5.88. The molecule has 0 aliphatic carbocycles. The number of carbonyl (C=O) groups excluding carboxylic acids is 3. The predicted octanol–water partition coefficient (Wildman–Crippen LogP) is 15.1. The average Bonchev–Trinajstić information content (AvgIpc) is 3.36. The molecule has 2 unspecified atom stereocenters. The maximum Gasteiger partial charge on any atom is 0.306 e.